The largest absolute Gasteiger partial charge is 0.379 e. The Morgan fingerprint density at radius 3 is 2.52 bits per heavy atom. The van der Waals surface area contributed by atoms with Crippen molar-refractivity contribution >= 4 is 29.9 Å². The van der Waals surface area contributed by atoms with E-state index >= 15 is 0 Å². The SMILES string of the molecule is CN=C(NCC(C)C)NCC(c1cccc(F)c1)N1CCOCC1.I. The second-order valence-electron chi connectivity index (χ2n) is 6.45. The second-order valence-corrected chi connectivity index (χ2v) is 6.45. The summed E-state index contributed by atoms with van der Waals surface area (Å²) >= 11 is 0. The molecule has 1 atom stereocenters. The number of nitrogens with zero attached hydrogens (tertiary/aromatic N) is 2. The van der Waals surface area contributed by atoms with E-state index in [-0.39, 0.29) is 35.8 Å². The number of rotatable bonds is 6. The lowest BCUT2D eigenvalue weighted by Gasteiger charge is -2.35. The Hall–Kier alpha value is -0.930. The number of nitrogens with one attached hydrogen (secondary N) is 2. The first-order chi connectivity index (χ1) is 11.6. The molecule has 1 heterocycles. The van der Waals surface area contributed by atoms with Crippen LogP contribution in [0.1, 0.15) is 25.5 Å². The van der Waals surface area contributed by atoms with Gasteiger partial charge >= 0.3 is 0 Å². The standard InChI is InChI=1S/C18H29FN4O.HI/c1-14(2)12-21-18(20-3)22-13-17(23-7-9-24-10-8-23)15-5-4-6-16(19)11-15;/h4-6,11,14,17H,7-10,12-13H2,1-3H3,(H2,20,21,22);1H. The minimum Gasteiger partial charge on any atom is -0.379 e. The number of benzene rings is 1. The lowest BCUT2D eigenvalue weighted by atomic mass is 10.0. The van der Waals surface area contributed by atoms with Crippen molar-refractivity contribution in [3.8, 4) is 0 Å². The summed E-state index contributed by atoms with van der Waals surface area (Å²) in [6.45, 7) is 8.97. The van der Waals surface area contributed by atoms with Crippen LogP contribution in [0.15, 0.2) is 29.3 Å². The zero-order valence-corrected chi connectivity index (χ0v) is 17.6. The fraction of sp³-hybridized carbons (Fsp3) is 0.611. The van der Waals surface area contributed by atoms with Gasteiger partial charge in [-0.2, -0.15) is 0 Å². The summed E-state index contributed by atoms with van der Waals surface area (Å²) < 4.78 is 19.1. The highest BCUT2D eigenvalue weighted by molar-refractivity contribution is 14.0. The number of hydrogen-bond acceptors (Lipinski definition) is 3. The summed E-state index contributed by atoms with van der Waals surface area (Å²) in [5, 5.41) is 6.69. The molecule has 2 N–H and O–H groups in total. The lowest BCUT2D eigenvalue weighted by Crippen LogP contribution is -2.46. The molecule has 0 saturated carbocycles. The minimum absolute atomic E-state index is 0. The van der Waals surface area contributed by atoms with Gasteiger partial charge in [0.05, 0.1) is 19.3 Å². The van der Waals surface area contributed by atoms with E-state index in [9.17, 15) is 4.39 Å². The van der Waals surface area contributed by atoms with Crippen LogP contribution >= 0.6 is 24.0 Å². The number of halogens is 2. The van der Waals surface area contributed by atoms with Gasteiger partial charge < -0.3 is 15.4 Å². The van der Waals surface area contributed by atoms with E-state index in [1.54, 1.807) is 19.2 Å². The van der Waals surface area contributed by atoms with Crippen molar-refractivity contribution < 1.29 is 9.13 Å². The van der Waals surface area contributed by atoms with Crippen LogP contribution in [0.4, 0.5) is 4.39 Å². The zero-order chi connectivity index (χ0) is 17.4. The van der Waals surface area contributed by atoms with Crippen molar-refractivity contribution in [1.82, 2.24) is 15.5 Å². The predicted molar refractivity (Wildman–Crippen MR) is 111 cm³/mol. The first-order valence-electron chi connectivity index (χ1n) is 8.62. The van der Waals surface area contributed by atoms with Gasteiger partial charge in [-0.25, -0.2) is 4.39 Å². The minimum atomic E-state index is -0.201. The van der Waals surface area contributed by atoms with Gasteiger partial charge in [0.1, 0.15) is 5.82 Å². The predicted octanol–water partition coefficient (Wildman–Crippen LogP) is 2.64. The maximum absolute atomic E-state index is 13.7. The van der Waals surface area contributed by atoms with Crippen LogP contribution in [0, 0.1) is 11.7 Å². The normalized spacial score (nSPS) is 17.1. The molecule has 2 rings (SSSR count). The molecule has 5 nitrogen and oxygen atoms in total. The van der Waals surface area contributed by atoms with Gasteiger partial charge in [0.2, 0.25) is 0 Å². The molecule has 0 radical (unpaired) electrons. The topological polar surface area (TPSA) is 48.9 Å². The average Bonchev–Trinajstić information content (AvgIpc) is 2.58. The van der Waals surface area contributed by atoms with Crippen LogP contribution < -0.4 is 10.6 Å². The van der Waals surface area contributed by atoms with E-state index in [4.69, 9.17) is 4.74 Å². The van der Waals surface area contributed by atoms with Crippen molar-refractivity contribution in [3.05, 3.63) is 35.6 Å². The second kappa shape index (κ2) is 11.6. The molecule has 142 valence electrons. The smallest absolute Gasteiger partial charge is 0.191 e. The van der Waals surface area contributed by atoms with E-state index in [1.165, 1.54) is 6.07 Å². The third-order valence-electron chi connectivity index (χ3n) is 4.08. The Morgan fingerprint density at radius 1 is 1.24 bits per heavy atom. The molecule has 0 aromatic heterocycles. The van der Waals surface area contributed by atoms with Crippen LogP contribution in [0.3, 0.4) is 0 Å². The van der Waals surface area contributed by atoms with E-state index in [0.717, 1.165) is 31.2 Å². The first-order valence-corrected chi connectivity index (χ1v) is 8.62. The lowest BCUT2D eigenvalue weighted by molar-refractivity contribution is 0.0169. The van der Waals surface area contributed by atoms with Crippen LogP contribution in [0.5, 0.6) is 0 Å². The average molecular weight is 464 g/mol. The summed E-state index contributed by atoms with van der Waals surface area (Å²) in [6, 6.07) is 6.93. The number of hydrogen-bond donors (Lipinski definition) is 2. The van der Waals surface area contributed by atoms with Gasteiger partial charge in [0.15, 0.2) is 5.96 Å². The molecule has 1 fully saturated rings. The number of morpholine rings is 1. The fourth-order valence-corrected chi connectivity index (χ4v) is 2.78. The molecule has 25 heavy (non-hydrogen) atoms. The van der Waals surface area contributed by atoms with Crippen molar-refractivity contribution in [2.75, 3.05) is 46.4 Å². The third kappa shape index (κ3) is 7.45. The Morgan fingerprint density at radius 2 is 1.92 bits per heavy atom. The Bertz CT molecular complexity index is 536. The monoisotopic (exact) mass is 464 g/mol. The molecular formula is C18H30FIN4O. The van der Waals surface area contributed by atoms with E-state index in [0.29, 0.717) is 25.7 Å². The van der Waals surface area contributed by atoms with E-state index in [2.05, 4.69) is 34.4 Å². The highest BCUT2D eigenvalue weighted by Gasteiger charge is 2.23. The quantitative estimate of drug-likeness (QED) is 0.386. The number of ether oxygens (including phenoxy) is 1. The van der Waals surface area contributed by atoms with Crippen molar-refractivity contribution in [2.45, 2.75) is 19.9 Å². The van der Waals surface area contributed by atoms with Gasteiger partial charge in [-0.05, 0) is 23.6 Å². The summed E-state index contributed by atoms with van der Waals surface area (Å²) in [5.74, 6) is 1.12. The molecule has 1 saturated heterocycles. The number of aliphatic imine (C=N–C) groups is 1. The van der Waals surface area contributed by atoms with E-state index < -0.39 is 0 Å². The third-order valence-corrected chi connectivity index (χ3v) is 4.08. The summed E-state index contributed by atoms with van der Waals surface area (Å²) in [6.07, 6.45) is 0. The molecule has 1 aromatic carbocycles. The number of guanidine groups is 1. The molecule has 1 aliphatic heterocycles. The Balaban J connectivity index is 0.00000312. The van der Waals surface area contributed by atoms with Crippen LogP contribution in [-0.4, -0.2) is 57.3 Å². The molecule has 0 amide bonds. The van der Waals surface area contributed by atoms with E-state index in [1.807, 2.05) is 6.07 Å². The van der Waals surface area contributed by atoms with Gasteiger partial charge in [0.25, 0.3) is 0 Å². The van der Waals surface area contributed by atoms with Gasteiger partial charge in [0, 0.05) is 33.2 Å². The first kappa shape index (κ1) is 22.1. The summed E-state index contributed by atoms with van der Waals surface area (Å²) in [5.41, 5.74) is 0.976. The van der Waals surface area contributed by atoms with Gasteiger partial charge in [-0.15, -0.1) is 24.0 Å². The van der Waals surface area contributed by atoms with Gasteiger partial charge in [-0.3, -0.25) is 9.89 Å². The van der Waals surface area contributed by atoms with Crippen LogP contribution in [0.25, 0.3) is 0 Å². The molecule has 0 bridgehead atoms. The highest BCUT2D eigenvalue weighted by Crippen LogP contribution is 2.22. The van der Waals surface area contributed by atoms with Crippen LogP contribution in [-0.2, 0) is 4.74 Å². The highest BCUT2D eigenvalue weighted by atomic mass is 127. The zero-order valence-electron chi connectivity index (χ0n) is 15.3. The van der Waals surface area contributed by atoms with Crippen molar-refractivity contribution in [1.29, 1.82) is 0 Å². The van der Waals surface area contributed by atoms with Crippen molar-refractivity contribution in [3.63, 3.8) is 0 Å². The Labute approximate surface area is 167 Å². The fourth-order valence-electron chi connectivity index (χ4n) is 2.78. The molecule has 1 aromatic rings. The maximum Gasteiger partial charge on any atom is 0.191 e. The summed E-state index contributed by atoms with van der Waals surface area (Å²) in [7, 11) is 1.77. The molecule has 0 spiro atoms. The van der Waals surface area contributed by atoms with Crippen LogP contribution in [0.2, 0.25) is 0 Å². The molecule has 1 aliphatic rings. The Kier molecular flexibility index (Phi) is 10.3. The molecule has 7 heteroatoms. The van der Waals surface area contributed by atoms with Gasteiger partial charge in [-0.1, -0.05) is 26.0 Å². The van der Waals surface area contributed by atoms with Crippen molar-refractivity contribution in [2.24, 2.45) is 10.9 Å². The maximum atomic E-state index is 13.7. The summed E-state index contributed by atoms with van der Waals surface area (Å²) in [4.78, 5) is 6.60. The molecular weight excluding hydrogens is 434 g/mol. The molecule has 1 unspecified atom stereocenters. The molecule has 0 aliphatic carbocycles.